The van der Waals surface area contributed by atoms with Crippen molar-refractivity contribution in [2.24, 2.45) is 0 Å². The maximum atomic E-state index is 13.8. The van der Waals surface area contributed by atoms with Crippen LogP contribution < -0.4 is 15.0 Å². The molecule has 7 heteroatoms. The molecule has 0 spiro atoms. The van der Waals surface area contributed by atoms with Gasteiger partial charge < -0.3 is 14.6 Å². The average Bonchev–Trinajstić information content (AvgIpc) is 3.38. The van der Waals surface area contributed by atoms with Gasteiger partial charge in [-0.3, -0.25) is 14.5 Å². The summed E-state index contributed by atoms with van der Waals surface area (Å²) in [7, 11) is 0. The van der Waals surface area contributed by atoms with Crippen LogP contribution in [0.4, 0.5) is 5.69 Å². The zero-order valence-electron chi connectivity index (χ0n) is 18.6. The molecule has 2 aliphatic rings. The number of rotatable bonds is 5. The number of amides is 2. The number of carbonyl (C=O) groups excluding carboxylic acids is 2. The van der Waals surface area contributed by atoms with E-state index in [1.54, 1.807) is 16.2 Å². The van der Waals surface area contributed by atoms with Gasteiger partial charge in [-0.2, -0.15) is 0 Å². The maximum absolute atomic E-state index is 13.8. The standard InChI is InChI=1S/C25H29N3O3S/c1-3-31-19-11-9-18(10-12-19)28-23(29)21-15-22-20(13-14-32-22)27(21)16-25(28,2)24(30)26-17-7-5-4-6-8-17/h9-15,17H,3-8,16H2,1-2H3,(H,26,30). The van der Waals surface area contributed by atoms with Crippen molar-refractivity contribution in [2.45, 2.75) is 64.1 Å². The van der Waals surface area contributed by atoms with Gasteiger partial charge in [0.15, 0.2) is 0 Å². The fourth-order valence-electron chi connectivity index (χ4n) is 5.06. The fourth-order valence-corrected chi connectivity index (χ4v) is 5.89. The molecule has 1 atom stereocenters. The highest BCUT2D eigenvalue weighted by atomic mass is 32.1. The van der Waals surface area contributed by atoms with E-state index in [1.165, 1.54) is 6.42 Å². The van der Waals surface area contributed by atoms with Gasteiger partial charge in [-0.05, 0) is 68.5 Å². The largest absolute Gasteiger partial charge is 0.494 e. The molecule has 0 saturated heterocycles. The molecule has 1 aliphatic heterocycles. The molecule has 0 bridgehead atoms. The Hall–Kier alpha value is -2.80. The Balaban J connectivity index is 1.56. The van der Waals surface area contributed by atoms with Gasteiger partial charge >= 0.3 is 0 Å². The van der Waals surface area contributed by atoms with E-state index in [9.17, 15) is 9.59 Å². The molecule has 1 N–H and O–H groups in total. The van der Waals surface area contributed by atoms with Gasteiger partial charge in [0.25, 0.3) is 5.91 Å². The van der Waals surface area contributed by atoms with Crippen LogP contribution in [0.1, 0.15) is 56.4 Å². The van der Waals surface area contributed by atoms with Crippen molar-refractivity contribution in [1.82, 2.24) is 9.88 Å². The third kappa shape index (κ3) is 3.48. The number of nitrogens with zero attached hydrogens (tertiary/aromatic N) is 2. The van der Waals surface area contributed by atoms with Crippen molar-refractivity contribution in [3.05, 3.63) is 47.5 Å². The van der Waals surface area contributed by atoms with Crippen LogP contribution in [0.15, 0.2) is 41.8 Å². The molecule has 168 valence electrons. The summed E-state index contributed by atoms with van der Waals surface area (Å²) < 4.78 is 8.66. The molecular weight excluding hydrogens is 422 g/mol. The number of carbonyl (C=O) groups is 2. The van der Waals surface area contributed by atoms with E-state index in [0.29, 0.717) is 24.5 Å². The smallest absolute Gasteiger partial charge is 0.275 e. The van der Waals surface area contributed by atoms with E-state index in [0.717, 1.165) is 41.6 Å². The number of thiophene rings is 1. The molecule has 1 fully saturated rings. The van der Waals surface area contributed by atoms with Crippen LogP contribution in [0.3, 0.4) is 0 Å². The summed E-state index contributed by atoms with van der Waals surface area (Å²) >= 11 is 1.62. The van der Waals surface area contributed by atoms with Gasteiger partial charge in [0, 0.05) is 11.7 Å². The zero-order chi connectivity index (χ0) is 22.3. The molecule has 1 aromatic carbocycles. The third-order valence-corrected chi connectivity index (χ3v) is 7.59. The molecule has 1 aliphatic carbocycles. The molecule has 32 heavy (non-hydrogen) atoms. The van der Waals surface area contributed by atoms with Gasteiger partial charge in [-0.25, -0.2) is 0 Å². The van der Waals surface area contributed by atoms with Gasteiger partial charge in [0.1, 0.15) is 17.0 Å². The van der Waals surface area contributed by atoms with Crippen molar-refractivity contribution in [3.63, 3.8) is 0 Å². The molecule has 6 nitrogen and oxygen atoms in total. The summed E-state index contributed by atoms with van der Waals surface area (Å²) in [6.07, 6.45) is 5.51. The van der Waals surface area contributed by atoms with Crippen molar-refractivity contribution >= 4 is 39.1 Å². The highest BCUT2D eigenvalue weighted by Gasteiger charge is 2.49. The van der Waals surface area contributed by atoms with E-state index in [-0.39, 0.29) is 17.9 Å². The van der Waals surface area contributed by atoms with Crippen LogP contribution in [0, 0.1) is 0 Å². The van der Waals surface area contributed by atoms with Gasteiger partial charge in [-0.1, -0.05) is 19.3 Å². The van der Waals surface area contributed by atoms with Crippen molar-refractivity contribution in [2.75, 3.05) is 11.5 Å². The topological polar surface area (TPSA) is 63.6 Å². The fraction of sp³-hybridized carbons (Fsp3) is 0.440. The molecule has 1 unspecified atom stereocenters. The molecule has 0 radical (unpaired) electrons. The normalized spacial score (nSPS) is 21.6. The Morgan fingerprint density at radius 3 is 2.66 bits per heavy atom. The zero-order valence-corrected chi connectivity index (χ0v) is 19.4. The van der Waals surface area contributed by atoms with Crippen LogP contribution in [-0.2, 0) is 11.3 Å². The Bertz CT molecular complexity index is 1140. The minimum Gasteiger partial charge on any atom is -0.494 e. The molecule has 2 aromatic heterocycles. The first-order valence-corrected chi connectivity index (χ1v) is 12.3. The quantitative estimate of drug-likeness (QED) is 0.596. The molecule has 3 aromatic rings. The summed E-state index contributed by atoms with van der Waals surface area (Å²) in [6, 6.07) is 11.6. The summed E-state index contributed by atoms with van der Waals surface area (Å²) in [6.45, 7) is 4.82. The van der Waals surface area contributed by atoms with Gasteiger partial charge in [0.2, 0.25) is 5.91 Å². The Morgan fingerprint density at radius 2 is 1.94 bits per heavy atom. The van der Waals surface area contributed by atoms with E-state index in [2.05, 4.69) is 5.32 Å². The predicted octanol–water partition coefficient (Wildman–Crippen LogP) is 4.97. The van der Waals surface area contributed by atoms with Crippen molar-refractivity contribution in [1.29, 1.82) is 0 Å². The Kier molecular flexibility index (Phi) is 5.45. The van der Waals surface area contributed by atoms with E-state index in [1.807, 2.05) is 60.2 Å². The van der Waals surface area contributed by atoms with Gasteiger partial charge in [0.05, 0.1) is 23.4 Å². The lowest BCUT2D eigenvalue weighted by Crippen LogP contribution is -2.65. The van der Waals surface area contributed by atoms with Crippen LogP contribution in [0.5, 0.6) is 5.75 Å². The second-order valence-corrected chi connectivity index (χ2v) is 9.88. The predicted molar refractivity (Wildman–Crippen MR) is 128 cm³/mol. The SMILES string of the molecule is CCOc1ccc(N2C(=O)c3cc4sccc4n3CC2(C)C(=O)NC2CCCCC2)cc1. The number of hydrogen-bond acceptors (Lipinski definition) is 4. The maximum Gasteiger partial charge on any atom is 0.275 e. The van der Waals surface area contributed by atoms with E-state index in [4.69, 9.17) is 4.74 Å². The number of nitrogens with one attached hydrogen (secondary N) is 1. The summed E-state index contributed by atoms with van der Waals surface area (Å²) in [5.74, 6) is 0.512. The number of ether oxygens (including phenoxy) is 1. The van der Waals surface area contributed by atoms with E-state index >= 15 is 0 Å². The summed E-state index contributed by atoms with van der Waals surface area (Å²) in [4.78, 5) is 29.2. The van der Waals surface area contributed by atoms with Crippen LogP contribution in [-0.4, -0.2) is 34.6 Å². The number of aromatic nitrogens is 1. The number of fused-ring (bicyclic) bond motifs is 3. The molecule has 1 saturated carbocycles. The van der Waals surface area contributed by atoms with Crippen LogP contribution in [0.25, 0.3) is 10.2 Å². The monoisotopic (exact) mass is 451 g/mol. The lowest BCUT2D eigenvalue weighted by molar-refractivity contribution is -0.127. The van der Waals surface area contributed by atoms with Crippen LogP contribution >= 0.6 is 11.3 Å². The summed E-state index contributed by atoms with van der Waals surface area (Å²) in [5.41, 5.74) is 1.31. The third-order valence-electron chi connectivity index (χ3n) is 6.74. The first-order valence-electron chi connectivity index (χ1n) is 11.5. The molecule has 2 amide bonds. The lowest BCUT2D eigenvalue weighted by Gasteiger charge is -2.44. The number of benzene rings is 1. The number of hydrogen-bond donors (Lipinski definition) is 1. The first-order chi connectivity index (χ1) is 15.5. The van der Waals surface area contributed by atoms with Gasteiger partial charge in [-0.15, -0.1) is 11.3 Å². The molecular formula is C25H29N3O3S. The first kappa shape index (κ1) is 21.1. The number of anilines is 1. The van der Waals surface area contributed by atoms with Crippen molar-refractivity contribution < 1.29 is 14.3 Å². The second-order valence-electron chi connectivity index (χ2n) is 8.94. The second kappa shape index (κ2) is 8.28. The van der Waals surface area contributed by atoms with Crippen LogP contribution in [0.2, 0.25) is 0 Å². The lowest BCUT2D eigenvalue weighted by atomic mass is 9.91. The Morgan fingerprint density at radius 1 is 1.19 bits per heavy atom. The average molecular weight is 452 g/mol. The minimum absolute atomic E-state index is 0.0886. The molecule has 3 heterocycles. The minimum atomic E-state index is -1.04. The molecule has 5 rings (SSSR count). The van der Waals surface area contributed by atoms with E-state index < -0.39 is 5.54 Å². The summed E-state index contributed by atoms with van der Waals surface area (Å²) in [5, 5.41) is 5.31. The highest BCUT2D eigenvalue weighted by molar-refractivity contribution is 7.17. The Labute approximate surface area is 192 Å². The van der Waals surface area contributed by atoms with Crippen molar-refractivity contribution in [3.8, 4) is 5.75 Å². The highest BCUT2D eigenvalue weighted by Crippen LogP contribution is 2.38.